The van der Waals surface area contributed by atoms with Crippen molar-refractivity contribution in [3.8, 4) is 57.2 Å². The molecular weight excluding hydrogens is 687 g/mol. The SMILES string of the molecule is C=Cc1c(C=C)n(-c2nc(-c3ccccc3)cc(-c3ccccc3)n2)c2c1ccc1c3ccccc3n(-c3nc(-c4ccccc4)nc(-c4ccccc4)n3)c12. The van der Waals surface area contributed by atoms with Crippen molar-refractivity contribution in [2.45, 2.75) is 0 Å². The molecule has 264 valence electrons. The number of hydrogen-bond acceptors (Lipinski definition) is 5. The van der Waals surface area contributed by atoms with Crippen LogP contribution in [0.15, 0.2) is 177 Å². The van der Waals surface area contributed by atoms with Crippen LogP contribution in [0.1, 0.15) is 11.3 Å². The number of rotatable bonds is 8. The number of hydrogen-bond donors (Lipinski definition) is 0. The van der Waals surface area contributed by atoms with Gasteiger partial charge < -0.3 is 0 Å². The Bertz CT molecular complexity index is 2980. The third-order valence-electron chi connectivity index (χ3n) is 10.2. The Labute approximate surface area is 323 Å². The molecule has 0 aliphatic heterocycles. The summed E-state index contributed by atoms with van der Waals surface area (Å²) in [5, 5.41) is 3.06. The Morgan fingerprint density at radius 3 is 1.39 bits per heavy atom. The molecule has 0 fully saturated rings. The second-order valence-electron chi connectivity index (χ2n) is 13.4. The molecule has 56 heavy (non-hydrogen) atoms. The highest BCUT2D eigenvalue weighted by Crippen LogP contribution is 2.41. The molecule has 0 atom stereocenters. The highest BCUT2D eigenvalue weighted by Gasteiger charge is 2.26. The standard InChI is InChI=1S/C49H33N7/c1-3-36-38-29-30-39-37-27-17-18-28-43(37)56(49-53-46(34-23-13-7-14-24-34)52-47(54-49)35-25-15-8-16-26-35)45(39)44(38)55(42(36)4-2)48-50-40(32-19-9-5-10-20-32)31-41(51-48)33-21-11-6-12-22-33/h3-31H,1-2H2. The second-order valence-corrected chi connectivity index (χ2v) is 13.4. The van der Waals surface area contributed by atoms with Gasteiger partial charge in [-0.25, -0.2) is 15.0 Å². The van der Waals surface area contributed by atoms with E-state index in [0.29, 0.717) is 23.5 Å². The summed E-state index contributed by atoms with van der Waals surface area (Å²) in [4.78, 5) is 26.0. The van der Waals surface area contributed by atoms with E-state index in [0.717, 1.165) is 77.6 Å². The Balaban J connectivity index is 1.36. The lowest BCUT2D eigenvalue weighted by molar-refractivity contribution is 0.941. The minimum atomic E-state index is 0.494. The van der Waals surface area contributed by atoms with Crippen LogP contribution in [-0.2, 0) is 0 Å². The molecule has 0 amide bonds. The third kappa shape index (κ3) is 5.41. The molecule has 7 nitrogen and oxygen atoms in total. The van der Waals surface area contributed by atoms with Crippen molar-refractivity contribution in [2.75, 3.05) is 0 Å². The molecule has 0 bridgehead atoms. The first-order chi connectivity index (χ1) is 27.7. The van der Waals surface area contributed by atoms with Crippen molar-refractivity contribution in [1.29, 1.82) is 0 Å². The third-order valence-corrected chi connectivity index (χ3v) is 10.2. The molecule has 0 aliphatic rings. The average molecular weight is 720 g/mol. The van der Waals surface area contributed by atoms with Crippen molar-refractivity contribution in [1.82, 2.24) is 34.1 Å². The Kier molecular flexibility index (Phi) is 7.96. The Morgan fingerprint density at radius 2 is 0.857 bits per heavy atom. The van der Waals surface area contributed by atoms with Crippen LogP contribution >= 0.6 is 0 Å². The van der Waals surface area contributed by atoms with Gasteiger partial charge in [-0.2, -0.15) is 9.97 Å². The normalized spacial score (nSPS) is 11.4. The van der Waals surface area contributed by atoms with Gasteiger partial charge in [0.15, 0.2) is 11.6 Å². The molecule has 10 rings (SSSR count). The summed E-state index contributed by atoms with van der Waals surface area (Å²) in [6.45, 7) is 8.59. The van der Waals surface area contributed by atoms with Crippen molar-refractivity contribution >= 4 is 44.9 Å². The van der Waals surface area contributed by atoms with Gasteiger partial charge in [0.25, 0.3) is 0 Å². The number of benzene rings is 6. The molecule has 10 aromatic rings. The first kappa shape index (κ1) is 32.8. The maximum absolute atomic E-state index is 5.30. The van der Waals surface area contributed by atoms with Gasteiger partial charge in [-0.1, -0.05) is 171 Å². The maximum atomic E-state index is 5.30. The van der Waals surface area contributed by atoms with Gasteiger partial charge >= 0.3 is 0 Å². The topological polar surface area (TPSA) is 74.3 Å². The molecule has 0 radical (unpaired) electrons. The first-order valence-electron chi connectivity index (χ1n) is 18.4. The molecule has 0 spiro atoms. The van der Waals surface area contributed by atoms with Gasteiger partial charge in [0, 0.05) is 44.0 Å². The van der Waals surface area contributed by atoms with Gasteiger partial charge in [-0.3, -0.25) is 9.13 Å². The fourth-order valence-corrected chi connectivity index (χ4v) is 7.64. The molecule has 4 aromatic heterocycles. The van der Waals surface area contributed by atoms with E-state index in [2.05, 4.69) is 83.0 Å². The van der Waals surface area contributed by atoms with Crippen molar-refractivity contribution in [2.24, 2.45) is 0 Å². The fraction of sp³-hybridized carbons (Fsp3) is 0. The summed E-state index contributed by atoms with van der Waals surface area (Å²) in [7, 11) is 0. The van der Waals surface area contributed by atoms with E-state index in [1.807, 2.05) is 115 Å². The molecule has 6 aromatic carbocycles. The van der Waals surface area contributed by atoms with Crippen LogP contribution in [0.3, 0.4) is 0 Å². The minimum Gasteiger partial charge on any atom is -0.276 e. The molecule has 0 N–H and O–H groups in total. The van der Waals surface area contributed by atoms with E-state index in [9.17, 15) is 0 Å². The number of para-hydroxylation sites is 1. The number of fused-ring (bicyclic) bond motifs is 5. The summed E-state index contributed by atoms with van der Waals surface area (Å²) in [5.41, 5.74) is 9.86. The highest BCUT2D eigenvalue weighted by molar-refractivity contribution is 6.19. The van der Waals surface area contributed by atoms with E-state index >= 15 is 0 Å². The molecular formula is C49H33N7. The summed E-state index contributed by atoms with van der Waals surface area (Å²) in [6.07, 6.45) is 3.75. The van der Waals surface area contributed by atoms with Crippen LogP contribution in [0.5, 0.6) is 0 Å². The van der Waals surface area contributed by atoms with E-state index in [1.54, 1.807) is 0 Å². The zero-order valence-corrected chi connectivity index (χ0v) is 30.3. The fourth-order valence-electron chi connectivity index (χ4n) is 7.64. The zero-order valence-electron chi connectivity index (χ0n) is 30.3. The van der Waals surface area contributed by atoms with E-state index in [1.165, 1.54) is 0 Å². The van der Waals surface area contributed by atoms with Gasteiger partial charge in [0.1, 0.15) is 0 Å². The average Bonchev–Trinajstić information content (AvgIpc) is 3.80. The lowest BCUT2D eigenvalue weighted by Gasteiger charge is -2.14. The van der Waals surface area contributed by atoms with Crippen LogP contribution in [0.4, 0.5) is 0 Å². The minimum absolute atomic E-state index is 0.494. The summed E-state index contributed by atoms with van der Waals surface area (Å²) in [5.74, 6) is 2.15. The number of nitrogens with zero attached hydrogens (tertiary/aromatic N) is 7. The van der Waals surface area contributed by atoms with Crippen molar-refractivity contribution in [3.05, 3.63) is 188 Å². The van der Waals surface area contributed by atoms with Crippen LogP contribution in [0.25, 0.3) is 102 Å². The van der Waals surface area contributed by atoms with Crippen LogP contribution in [0.2, 0.25) is 0 Å². The Morgan fingerprint density at radius 1 is 0.393 bits per heavy atom. The molecule has 4 heterocycles. The van der Waals surface area contributed by atoms with Crippen LogP contribution < -0.4 is 0 Å². The summed E-state index contributed by atoms with van der Waals surface area (Å²) in [6, 6.07) is 55.3. The van der Waals surface area contributed by atoms with Gasteiger partial charge in [-0.05, 0) is 18.2 Å². The van der Waals surface area contributed by atoms with Gasteiger partial charge in [-0.15, -0.1) is 0 Å². The van der Waals surface area contributed by atoms with Crippen LogP contribution in [-0.4, -0.2) is 34.1 Å². The van der Waals surface area contributed by atoms with E-state index in [-0.39, 0.29) is 0 Å². The predicted octanol–water partition coefficient (Wildman–Crippen LogP) is 11.7. The lowest BCUT2D eigenvalue weighted by atomic mass is 10.1. The van der Waals surface area contributed by atoms with Crippen LogP contribution in [0, 0.1) is 0 Å². The summed E-state index contributed by atoms with van der Waals surface area (Å²) < 4.78 is 4.27. The largest absolute Gasteiger partial charge is 0.276 e. The molecule has 0 saturated carbocycles. The van der Waals surface area contributed by atoms with E-state index < -0.39 is 0 Å². The highest BCUT2D eigenvalue weighted by atomic mass is 15.2. The Hall–Kier alpha value is -7.77. The second kappa shape index (κ2) is 13.6. The maximum Gasteiger partial charge on any atom is 0.238 e. The lowest BCUT2D eigenvalue weighted by Crippen LogP contribution is -2.09. The predicted molar refractivity (Wildman–Crippen MR) is 229 cm³/mol. The quantitative estimate of drug-likeness (QED) is 0.156. The number of aromatic nitrogens is 7. The van der Waals surface area contributed by atoms with Crippen molar-refractivity contribution < 1.29 is 0 Å². The smallest absolute Gasteiger partial charge is 0.238 e. The van der Waals surface area contributed by atoms with Crippen molar-refractivity contribution in [3.63, 3.8) is 0 Å². The molecule has 0 aliphatic carbocycles. The monoisotopic (exact) mass is 719 g/mol. The van der Waals surface area contributed by atoms with Gasteiger partial charge in [0.2, 0.25) is 11.9 Å². The molecule has 7 heteroatoms. The van der Waals surface area contributed by atoms with Gasteiger partial charge in [0.05, 0.1) is 33.6 Å². The zero-order chi connectivity index (χ0) is 37.6. The molecule has 0 saturated heterocycles. The first-order valence-corrected chi connectivity index (χ1v) is 18.4. The molecule has 0 unspecified atom stereocenters. The summed E-state index contributed by atoms with van der Waals surface area (Å²) >= 11 is 0. The van der Waals surface area contributed by atoms with E-state index in [4.69, 9.17) is 24.9 Å².